The van der Waals surface area contributed by atoms with Gasteiger partial charge in [-0.3, -0.25) is 10.1 Å². The van der Waals surface area contributed by atoms with Gasteiger partial charge in [-0.15, -0.1) is 0 Å². The number of nitro groups is 1. The smallest absolute Gasteiger partial charge is 0.338 e. The van der Waals surface area contributed by atoms with Gasteiger partial charge in [-0.2, -0.15) is 4.31 Å². The number of non-ortho nitro benzene ring substituents is 1. The van der Waals surface area contributed by atoms with E-state index in [0.29, 0.717) is 30.0 Å². The number of carbonyl (C=O) groups excluding carboxylic acids is 1. The predicted molar refractivity (Wildman–Crippen MR) is 117 cm³/mol. The molecule has 4 rings (SSSR count). The van der Waals surface area contributed by atoms with E-state index in [1.54, 1.807) is 0 Å². The Morgan fingerprint density at radius 2 is 1.94 bits per heavy atom. The van der Waals surface area contributed by atoms with Crippen LogP contribution in [0, 0.1) is 10.1 Å². The van der Waals surface area contributed by atoms with Gasteiger partial charge < -0.3 is 14.2 Å². The number of hydrogen-bond acceptors (Lipinski definition) is 8. The lowest BCUT2D eigenvalue weighted by atomic mass is 10.1. The molecule has 0 aliphatic carbocycles. The molecule has 2 aromatic carbocycles. The number of ether oxygens (including phenoxy) is 3. The summed E-state index contributed by atoms with van der Waals surface area (Å²) in [6, 6.07) is 6.52. The number of rotatable bonds is 6. The monoisotopic (exact) mass is 496 g/mol. The average Bonchev–Trinajstić information content (AvgIpc) is 2.82. The summed E-state index contributed by atoms with van der Waals surface area (Å²) in [6.45, 7) is 0.594. The minimum Gasteiger partial charge on any atom is -0.467 e. The number of nitrogens with zero attached hydrogens (tertiary/aromatic N) is 2. The molecular weight excluding hydrogens is 476 g/mol. The molecule has 0 aromatic heterocycles. The molecule has 12 heteroatoms. The molecule has 0 atom stereocenters. The third kappa shape index (κ3) is 4.96. The fourth-order valence-electron chi connectivity index (χ4n) is 3.79. The van der Waals surface area contributed by atoms with E-state index in [1.165, 1.54) is 34.6 Å². The van der Waals surface area contributed by atoms with Crippen LogP contribution >= 0.6 is 11.6 Å². The molecule has 0 spiro atoms. The Balaban J connectivity index is 1.56. The fraction of sp³-hybridized carbons (Fsp3) is 0.381. The van der Waals surface area contributed by atoms with Crippen LogP contribution in [-0.2, 0) is 32.7 Å². The number of hydrogen-bond donors (Lipinski definition) is 0. The Hall–Kier alpha value is -2.73. The van der Waals surface area contributed by atoms with Crippen molar-refractivity contribution in [1.29, 1.82) is 0 Å². The molecule has 10 nitrogen and oxygen atoms in total. The van der Waals surface area contributed by atoms with Crippen molar-refractivity contribution in [2.24, 2.45) is 0 Å². The summed E-state index contributed by atoms with van der Waals surface area (Å²) >= 11 is 6.15. The van der Waals surface area contributed by atoms with Gasteiger partial charge in [-0.1, -0.05) is 18.0 Å². The molecule has 2 aromatic rings. The Morgan fingerprint density at radius 1 is 1.18 bits per heavy atom. The molecule has 2 aliphatic heterocycles. The molecule has 2 heterocycles. The van der Waals surface area contributed by atoms with Crippen LogP contribution in [0.15, 0.2) is 35.2 Å². The van der Waals surface area contributed by atoms with Crippen molar-refractivity contribution in [2.75, 3.05) is 19.9 Å². The second kappa shape index (κ2) is 9.64. The predicted octanol–water partition coefficient (Wildman–Crippen LogP) is 3.65. The van der Waals surface area contributed by atoms with E-state index >= 15 is 0 Å². The minimum atomic E-state index is -3.86. The average molecular weight is 497 g/mol. The summed E-state index contributed by atoms with van der Waals surface area (Å²) in [7, 11) is -3.86. The summed E-state index contributed by atoms with van der Waals surface area (Å²) in [5.74, 6) is -0.432. The van der Waals surface area contributed by atoms with Crippen molar-refractivity contribution in [2.45, 2.75) is 37.4 Å². The van der Waals surface area contributed by atoms with Gasteiger partial charge >= 0.3 is 5.97 Å². The summed E-state index contributed by atoms with van der Waals surface area (Å²) in [5, 5.41) is 11.2. The number of esters is 1. The minimum absolute atomic E-state index is 0.00136. The zero-order valence-corrected chi connectivity index (χ0v) is 19.1. The first-order valence-electron chi connectivity index (χ1n) is 10.2. The van der Waals surface area contributed by atoms with Crippen LogP contribution in [0.3, 0.4) is 0 Å². The van der Waals surface area contributed by atoms with E-state index in [-0.39, 0.29) is 41.2 Å². The maximum absolute atomic E-state index is 13.0. The summed E-state index contributed by atoms with van der Waals surface area (Å²) < 4.78 is 43.3. The van der Waals surface area contributed by atoms with Crippen LogP contribution in [0.1, 0.15) is 40.7 Å². The van der Waals surface area contributed by atoms with Crippen molar-refractivity contribution >= 4 is 33.3 Å². The van der Waals surface area contributed by atoms with Gasteiger partial charge in [-0.05, 0) is 31.0 Å². The van der Waals surface area contributed by atoms with E-state index in [2.05, 4.69) is 0 Å². The molecule has 0 amide bonds. The number of carbonyl (C=O) groups is 1. The Bertz CT molecular complexity index is 1190. The highest BCUT2D eigenvalue weighted by atomic mass is 35.5. The maximum atomic E-state index is 13.0. The van der Waals surface area contributed by atoms with Gasteiger partial charge in [0, 0.05) is 36.3 Å². The van der Waals surface area contributed by atoms with Crippen molar-refractivity contribution in [3.8, 4) is 5.75 Å². The van der Waals surface area contributed by atoms with Gasteiger partial charge in [0.1, 0.15) is 17.3 Å². The highest BCUT2D eigenvalue weighted by Crippen LogP contribution is 2.33. The molecule has 1 saturated heterocycles. The molecule has 176 valence electrons. The fourth-order valence-corrected chi connectivity index (χ4v) is 5.81. The van der Waals surface area contributed by atoms with Gasteiger partial charge in [0.25, 0.3) is 5.69 Å². The summed E-state index contributed by atoms with van der Waals surface area (Å²) in [6.07, 6.45) is 2.49. The lowest BCUT2D eigenvalue weighted by Gasteiger charge is -2.26. The molecule has 0 radical (unpaired) electrons. The molecule has 0 unspecified atom stereocenters. The van der Waals surface area contributed by atoms with Crippen molar-refractivity contribution < 1.29 is 32.3 Å². The van der Waals surface area contributed by atoms with Gasteiger partial charge in [0.05, 0.1) is 22.1 Å². The standard InChI is InChI=1S/C21H21ClN2O8S/c22-18-5-4-14(10-19(18)33(28,29)23-6-2-1-3-7-23)21(25)31-12-16-9-17(24(26)27)8-15-11-30-13-32-20(15)16/h4-5,8-10H,1-3,6-7,11-13H2. The number of piperidine rings is 1. The quantitative estimate of drug-likeness (QED) is 0.337. The van der Waals surface area contributed by atoms with E-state index in [4.69, 9.17) is 25.8 Å². The second-order valence-electron chi connectivity index (χ2n) is 7.65. The molecule has 0 N–H and O–H groups in total. The van der Waals surface area contributed by atoms with Gasteiger partial charge in [0.2, 0.25) is 10.0 Å². The van der Waals surface area contributed by atoms with Crippen LogP contribution in [0.2, 0.25) is 5.02 Å². The van der Waals surface area contributed by atoms with Crippen LogP contribution in [0.25, 0.3) is 0 Å². The third-order valence-corrected chi connectivity index (χ3v) is 7.82. The zero-order chi connectivity index (χ0) is 23.6. The van der Waals surface area contributed by atoms with Crippen molar-refractivity contribution in [1.82, 2.24) is 4.31 Å². The van der Waals surface area contributed by atoms with Crippen molar-refractivity contribution in [3.05, 3.63) is 62.2 Å². The summed E-state index contributed by atoms with van der Waals surface area (Å²) in [5.41, 5.74) is 0.600. The first kappa shape index (κ1) is 23.4. The van der Waals surface area contributed by atoms with Crippen molar-refractivity contribution in [3.63, 3.8) is 0 Å². The molecule has 2 aliphatic rings. The van der Waals surface area contributed by atoms with Crippen LogP contribution in [0.4, 0.5) is 5.69 Å². The lowest BCUT2D eigenvalue weighted by Crippen LogP contribution is -2.35. The zero-order valence-electron chi connectivity index (χ0n) is 17.5. The molecule has 0 saturated carbocycles. The molecule has 33 heavy (non-hydrogen) atoms. The van der Waals surface area contributed by atoms with E-state index in [0.717, 1.165) is 19.3 Å². The maximum Gasteiger partial charge on any atom is 0.338 e. The largest absolute Gasteiger partial charge is 0.467 e. The molecule has 0 bridgehead atoms. The first-order valence-corrected chi connectivity index (χ1v) is 12.1. The van der Waals surface area contributed by atoms with E-state index < -0.39 is 20.9 Å². The van der Waals surface area contributed by atoms with E-state index in [9.17, 15) is 23.3 Å². The summed E-state index contributed by atoms with van der Waals surface area (Å²) in [4.78, 5) is 23.2. The van der Waals surface area contributed by atoms with Crippen LogP contribution in [-0.4, -0.2) is 43.5 Å². The Kier molecular flexibility index (Phi) is 6.84. The number of halogens is 1. The topological polar surface area (TPSA) is 125 Å². The number of fused-ring (bicyclic) bond motifs is 1. The van der Waals surface area contributed by atoms with Crippen LogP contribution in [0.5, 0.6) is 5.75 Å². The second-order valence-corrected chi connectivity index (χ2v) is 9.96. The normalized spacial score (nSPS) is 16.5. The highest BCUT2D eigenvalue weighted by molar-refractivity contribution is 7.89. The lowest BCUT2D eigenvalue weighted by molar-refractivity contribution is -0.385. The highest BCUT2D eigenvalue weighted by Gasteiger charge is 2.29. The van der Waals surface area contributed by atoms with Crippen LogP contribution < -0.4 is 4.74 Å². The van der Waals surface area contributed by atoms with Gasteiger partial charge in [0.15, 0.2) is 6.79 Å². The Morgan fingerprint density at radius 3 is 2.67 bits per heavy atom. The Labute approximate surface area is 195 Å². The number of nitro benzene ring substituents is 1. The number of benzene rings is 2. The van der Waals surface area contributed by atoms with Gasteiger partial charge in [-0.25, -0.2) is 13.2 Å². The third-order valence-electron chi connectivity index (χ3n) is 5.44. The molecule has 1 fully saturated rings. The SMILES string of the molecule is O=C(OCc1cc([N+](=O)[O-])cc2c1OCOC2)c1ccc(Cl)c(S(=O)(=O)N2CCCCC2)c1. The first-order chi connectivity index (χ1) is 15.8. The molecular formula is C21H21ClN2O8S. The van der Waals surface area contributed by atoms with E-state index in [1.807, 2.05) is 0 Å². The number of sulfonamides is 1.